The maximum Gasteiger partial charge on any atom is 0.123 e. The van der Waals surface area contributed by atoms with E-state index in [0.29, 0.717) is 12.3 Å². The summed E-state index contributed by atoms with van der Waals surface area (Å²) in [5.41, 5.74) is 0. The minimum Gasteiger partial charge on any atom is -0.393 e. The van der Waals surface area contributed by atoms with Crippen LogP contribution in [0.5, 0.6) is 0 Å². The normalized spacial score (nSPS) is 16.1. The molecule has 0 aliphatic heterocycles. The lowest BCUT2D eigenvalue weighted by atomic mass is 9.94. The van der Waals surface area contributed by atoms with Crippen LogP contribution in [-0.4, -0.2) is 17.5 Å². The Kier molecular flexibility index (Phi) is 5.99. The number of hydrogen-bond acceptors (Lipinski definition) is 2. The maximum atomic E-state index is 10.5. The summed E-state index contributed by atoms with van der Waals surface area (Å²) in [6.07, 6.45) is 3.19. The van der Waals surface area contributed by atoms with E-state index in [4.69, 9.17) is 5.11 Å². The smallest absolute Gasteiger partial charge is 0.123 e. The molecule has 0 saturated carbocycles. The fourth-order valence-electron chi connectivity index (χ4n) is 1.23. The third-order valence-electron chi connectivity index (χ3n) is 1.95. The molecule has 2 unspecified atom stereocenters. The highest BCUT2D eigenvalue weighted by molar-refractivity contribution is 5.53. The average Bonchev–Trinajstić information content (AvgIpc) is 1.97. The Balaban J connectivity index is 3.60. The van der Waals surface area contributed by atoms with Crippen molar-refractivity contribution in [2.45, 2.75) is 46.1 Å². The van der Waals surface area contributed by atoms with Crippen molar-refractivity contribution in [2.75, 3.05) is 0 Å². The Morgan fingerprint density at radius 2 is 1.83 bits per heavy atom. The quantitative estimate of drug-likeness (QED) is 0.622. The lowest BCUT2D eigenvalue weighted by Crippen LogP contribution is -2.12. The van der Waals surface area contributed by atoms with Crippen LogP contribution >= 0.6 is 0 Å². The van der Waals surface area contributed by atoms with Gasteiger partial charge in [-0.1, -0.05) is 20.3 Å². The molecule has 0 saturated heterocycles. The van der Waals surface area contributed by atoms with E-state index in [1.807, 2.05) is 0 Å². The molecule has 0 aromatic carbocycles. The first kappa shape index (κ1) is 11.6. The molecule has 1 N–H and O–H groups in total. The Labute approximate surface area is 75.0 Å². The summed E-state index contributed by atoms with van der Waals surface area (Å²) in [5.74, 6) is 0.689. The molecule has 72 valence electrons. The monoisotopic (exact) mass is 172 g/mol. The lowest BCUT2D eigenvalue weighted by Gasteiger charge is -2.12. The van der Waals surface area contributed by atoms with Crippen molar-refractivity contribution in [3.63, 3.8) is 0 Å². The first-order valence-corrected chi connectivity index (χ1v) is 4.69. The van der Waals surface area contributed by atoms with E-state index in [1.54, 1.807) is 6.92 Å². The van der Waals surface area contributed by atoms with E-state index < -0.39 is 0 Å². The number of aliphatic hydroxyl groups excluding tert-OH is 1. The van der Waals surface area contributed by atoms with Crippen LogP contribution in [0.4, 0.5) is 0 Å². The second-order valence-electron chi connectivity index (χ2n) is 3.95. The van der Waals surface area contributed by atoms with Crippen LogP contribution in [0.1, 0.15) is 40.0 Å². The zero-order valence-electron chi connectivity index (χ0n) is 8.29. The van der Waals surface area contributed by atoms with Gasteiger partial charge in [0, 0.05) is 5.92 Å². The van der Waals surface area contributed by atoms with Gasteiger partial charge in [-0.2, -0.15) is 0 Å². The van der Waals surface area contributed by atoms with Gasteiger partial charge in [-0.15, -0.1) is 0 Å². The van der Waals surface area contributed by atoms with Gasteiger partial charge in [-0.25, -0.2) is 0 Å². The molecule has 0 radical (unpaired) electrons. The van der Waals surface area contributed by atoms with Gasteiger partial charge in [0.1, 0.15) is 6.29 Å². The van der Waals surface area contributed by atoms with Crippen molar-refractivity contribution < 1.29 is 9.90 Å². The number of aldehydes is 1. The van der Waals surface area contributed by atoms with Gasteiger partial charge < -0.3 is 9.90 Å². The molecule has 0 fully saturated rings. The molecular formula is C10H20O2. The van der Waals surface area contributed by atoms with Crippen LogP contribution in [0.15, 0.2) is 0 Å². The van der Waals surface area contributed by atoms with Gasteiger partial charge in [-0.3, -0.25) is 0 Å². The number of hydrogen-bond donors (Lipinski definition) is 1. The van der Waals surface area contributed by atoms with Crippen LogP contribution in [-0.2, 0) is 4.79 Å². The summed E-state index contributed by atoms with van der Waals surface area (Å²) in [6, 6.07) is 0. The van der Waals surface area contributed by atoms with Crippen molar-refractivity contribution in [3.05, 3.63) is 0 Å². The molecule has 0 aromatic rings. The molecule has 0 aromatic heterocycles. The van der Waals surface area contributed by atoms with Gasteiger partial charge >= 0.3 is 0 Å². The zero-order chi connectivity index (χ0) is 9.56. The third-order valence-corrected chi connectivity index (χ3v) is 1.95. The largest absolute Gasteiger partial charge is 0.393 e. The molecule has 2 atom stereocenters. The molecule has 0 heterocycles. The minimum absolute atomic E-state index is 0.0485. The first-order chi connectivity index (χ1) is 5.56. The Hall–Kier alpha value is -0.370. The summed E-state index contributed by atoms with van der Waals surface area (Å²) < 4.78 is 0. The highest BCUT2D eigenvalue weighted by Crippen LogP contribution is 2.15. The van der Waals surface area contributed by atoms with Crippen LogP contribution in [0.3, 0.4) is 0 Å². The van der Waals surface area contributed by atoms with Gasteiger partial charge in [0.15, 0.2) is 0 Å². The minimum atomic E-state index is -0.354. The fourth-order valence-corrected chi connectivity index (χ4v) is 1.23. The number of carbonyl (C=O) groups is 1. The third kappa shape index (κ3) is 6.35. The van der Waals surface area contributed by atoms with Gasteiger partial charge in [0.25, 0.3) is 0 Å². The zero-order valence-corrected chi connectivity index (χ0v) is 8.29. The van der Waals surface area contributed by atoms with Crippen molar-refractivity contribution in [2.24, 2.45) is 11.8 Å². The van der Waals surface area contributed by atoms with Crippen molar-refractivity contribution in [1.29, 1.82) is 0 Å². The number of carbonyl (C=O) groups excluding carboxylic acids is 1. The molecule has 0 aliphatic rings. The van der Waals surface area contributed by atoms with Gasteiger partial charge in [0.2, 0.25) is 0 Å². The summed E-state index contributed by atoms with van der Waals surface area (Å²) in [6.45, 7) is 6.01. The van der Waals surface area contributed by atoms with Crippen LogP contribution in [0.25, 0.3) is 0 Å². The van der Waals surface area contributed by atoms with Crippen LogP contribution < -0.4 is 0 Å². The number of rotatable bonds is 6. The summed E-state index contributed by atoms with van der Waals surface area (Å²) >= 11 is 0. The van der Waals surface area contributed by atoms with Crippen molar-refractivity contribution in [3.8, 4) is 0 Å². The molecule has 2 heteroatoms. The highest BCUT2D eigenvalue weighted by Gasteiger charge is 2.10. The number of aliphatic hydroxyl groups is 1. The standard InChI is InChI=1S/C10H20O2/c1-8(2)4-5-10(7-11)6-9(3)12/h7-10,12H,4-6H2,1-3H3. The first-order valence-electron chi connectivity index (χ1n) is 4.69. The second kappa shape index (κ2) is 6.18. The molecule has 12 heavy (non-hydrogen) atoms. The van der Waals surface area contributed by atoms with E-state index in [0.717, 1.165) is 19.1 Å². The predicted octanol–water partition coefficient (Wildman–Crippen LogP) is 2.01. The fraction of sp³-hybridized carbons (Fsp3) is 0.900. The summed E-state index contributed by atoms with van der Waals surface area (Å²) in [5, 5.41) is 9.06. The van der Waals surface area contributed by atoms with E-state index in [9.17, 15) is 4.79 Å². The van der Waals surface area contributed by atoms with Crippen molar-refractivity contribution in [1.82, 2.24) is 0 Å². The topological polar surface area (TPSA) is 37.3 Å². The van der Waals surface area contributed by atoms with Gasteiger partial charge in [-0.05, 0) is 25.7 Å². The van der Waals surface area contributed by atoms with E-state index in [1.165, 1.54) is 0 Å². The molecule has 2 nitrogen and oxygen atoms in total. The van der Waals surface area contributed by atoms with E-state index in [2.05, 4.69) is 13.8 Å². The Morgan fingerprint density at radius 1 is 1.25 bits per heavy atom. The van der Waals surface area contributed by atoms with Crippen molar-refractivity contribution >= 4 is 6.29 Å². The molecule has 0 aliphatic carbocycles. The SMILES string of the molecule is CC(C)CCC(C=O)CC(C)O. The maximum absolute atomic E-state index is 10.5. The molecule has 0 spiro atoms. The van der Waals surface area contributed by atoms with E-state index in [-0.39, 0.29) is 12.0 Å². The molecular weight excluding hydrogens is 152 g/mol. The average molecular weight is 172 g/mol. The van der Waals surface area contributed by atoms with E-state index >= 15 is 0 Å². The molecule has 0 amide bonds. The molecule has 0 rings (SSSR count). The Morgan fingerprint density at radius 3 is 2.17 bits per heavy atom. The molecule has 0 bridgehead atoms. The van der Waals surface area contributed by atoms with Gasteiger partial charge in [0.05, 0.1) is 6.10 Å². The van der Waals surface area contributed by atoms with Crippen LogP contribution in [0.2, 0.25) is 0 Å². The predicted molar refractivity (Wildman–Crippen MR) is 49.9 cm³/mol. The lowest BCUT2D eigenvalue weighted by molar-refractivity contribution is -0.112. The Bertz CT molecular complexity index is 119. The second-order valence-corrected chi connectivity index (χ2v) is 3.95. The summed E-state index contributed by atoms with van der Waals surface area (Å²) in [7, 11) is 0. The van der Waals surface area contributed by atoms with Crippen LogP contribution in [0, 0.1) is 11.8 Å². The highest BCUT2D eigenvalue weighted by atomic mass is 16.3. The summed E-state index contributed by atoms with van der Waals surface area (Å²) in [4.78, 5) is 10.5.